The van der Waals surface area contributed by atoms with Crippen molar-refractivity contribution in [2.24, 2.45) is 0 Å². The first-order valence-electron chi connectivity index (χ1n) is 12.3. The van der Waals surface area contributed by atoms with Gasteiger partial charge in [0, 0.05) is 50.4 Å². The van der Waals surface area contributed by atoms with Crippen molar-refractivity contribution in [1.29, 1.82) is 5.26 Å². The van der Waals surface area contributed by atoms with Crippen molar-refractivity contribution >= 4 is 23.5 Å². The third-order valence-corrected chi connectivity index (χ3v) is 6.77. The number of nitriles is 1. The number of pyridine rings is 1. The van der Waals surface area contributed by atoms with Gasteiger partial charge in [-0.25, -0.2) is 22.9 Å². The standard InChI is InChI=1S/C29H23F3N4O3/c1-29(31,32)20-5-6-21-22(15-20)25(39-28(21)38)8-3-18-2-7-24(30)23(14-18)27(37)36-12-10-35(11-13-36)26-9-4-19(16-33)17-34-26/h2,4-9,14-15,17H,3,10-13H2,1H3/b25-8-. The van der Waals surface area contributed by atoms with Gasteiger partial charge in [-0.1, -0.05) is 12.1 Å². The van der Waals surface area contributed by atoms with Gasteiger partial charge in [0.15, 0.2) is 0 Å². The van der Waals surface area contributed by atoms with Crippen LogP contribution in [0.2, 0.25) is 0 Å². The Morgan fingerprint density at radius 2 is 1.87 bits per heavy atom. The van der Waals surface area contributed by atoms with E-state index >= 15 is 0 Å². The molecule has 0 unspecified atom stereocenters. The van der Waals surface area contributed by atoms with Crippen LogP contribution in [0.5, 0.6) is 0 Å². The van der Waals surface area contributed by atoms with E-state index in [0.29, 0.717) is 43.1 Å². The number of hydrogen-bond donors (Lipinski definition) is 0. The van der Waals surface area contributed by atoms with Crippen LogP contribution >= 0.6 is 0 Å². The van der Waals surface area contributed by atoms with Gasteiger partial charge in [-0.15, -0.1) is 0 Å². The number of cyclic esters (lactones) is 1. The number of esters is 1. The molecule has 0 spiro atoms. The summed E-state index contributed by atoms with van der Waals surface area (Å²) in [5.41, 5.74) is 1.20. The zero-order chi connectivity index (χ0) is 27.7. The molecule has 0 saturated carbocycles. The number of fused-ring (bicyclic) bond motifs is 1. The van der Waals surface area contributed by atoms with Gasteiger partial charge in [-0.05, 0) is 54.5 Å². The zero-order valence-corrected chi connectivity index (χ0v) is 21.0. The summed E-state index contributed by atoms with van der Waals surface area (Å²) in [6.45, 7) is 2.51. The summed E-state index contributed by atoms with van der Waals surface area (Å²) < 4.78 is 47.6. The first kappa shape index (κ1) is 26.0. The maximum atomic E-state index is 14.7. The average Bonchev–Trinajstić information content (AvgIpc) is 3.26. The molecule has 0 bridgehead atoms. The summed E-state index contributed by atoms with van der Waals surface area (Å²) in [7, 11) is 0. The molecular weight excluding hydrogens is 509 g/mol. The molecule has 10 heteroatoms. The highest BCUT2D eigenvalue weighted by Gasteiger charge is 2.31. The Morgan fingerprint density at radius 1 is 1.10 bits per heavy atom. The second-order valence-electron chi connectivity index (χ2n) is 9.42. The summed E-state index contributed by atoms with van der Waals surface area (Å²) in [5.74, 6) is -3.96. The fraction of sp³-hybridized carbons (Fsp3) is 0.241. The number of allylic oxidation sites excluding steroid dienone is 1. The summed E-state index contributed by atoms with van der Waals surface area (Å²) in [5, 5.41) is 8.93. The minimum absolute atomic E-state index is 0.0763. The van der Waals surface area contributed by atoms with Crippen molar-refractivity contribution in [2.75, 3.05) is 31.1 Å². The van der Waals surface area contributed by atoms with Crippen LogP contribution < -0.4 is 4.90 Å². The Balaban J connectivity index is 1.29. The number of carbonyl (C=O) groups is 2. The van der Waals surface area contributed by atoms with Crippen LogP contribution in [-0.4, -0.2) is 47.9 Å². The molecule has 0 radical (unpaired) electrons. The molecule has 1 aromatic heterocycles. The second-order valence-corrected chi connectivity index (χ2v) is 9.42. The Bertz CT molecular complexity index is 1520. The maximum Gasteiger partial charge on any atom is 0.344 e. The van der Waals surface area contributed by atoms with Crippen LogP contribution in [0.25, 0.3) is 5.76 Å². The molecule has 39 heavy (non-hydrogen) atoms. The number of nitrogens with zero attached hydrogens (tertiary/aromatic N) is 4. The number of rotatable bonds is 5. The predicted molar refractivity (Wildman–Crippen MR) is 137 cm³/mol. The summed E-state index contributed by atoms with van der Waals surface area (Å²) in [6, 6.07) is 13.4. The Kier molecular flexibility index (Phi) is 6.83. The Morgan fingerprint density at radius 3 is 2.54 bits per heavy atom. The molecular formula is C29H23F3N4O3. The van der Waals surface area contributed by atoms with Crippen LogP contribution in [0.15, 0.2) is 60.8 Å². The summed E-state index contributed by atoms with van der Waals surface area (Å²) in [6.07, 6.45) is 3.24. The molecule has 0 N–H and O–H groups in total. The lowest BCUT2D eigenvalue weighted by molar-refractivity contribution is 0.0174. The van der Waals surface area contributed by atoms with Crippen molar-refractivity contribution in [3.05, 3.63) is 100 Å². The molecule has 0 aliphatic carbocycles. The predicted octanol–water partition coefficient (Wildman–Crippen LogP) is 4.92. The van der Waals surface area contributed by atoms with Crippen molar-refractivity contribution in [2.45, 2.75) is 19.3 Å². The van der Waals surface area contributed by atoms with Gasteiger partial charge in [0.1, 0.15) is 23.5 Å². The van der Waals surface area contributed by atoms with Gasteiger partial charge >= 0.3 is 5.97 Å². The third-order valence-electron chi connectivity index (χ3n) is 6.77. The molecule has 3 heterocycles. The number of halogens is 3. The van der Waals surface area contributed by atoms with Crippen LogP contribution in [0.1, 0.15) is 49.9 Å². The highest BCUT2D eigenvalue weighted by Crippen LogP contribution is 2.35. The average molecular weight is 533 g/mol. The highest BCUT2D eigenvalue weighted by molar-refractivity contribution is 6.03. The lowest BCUT2D eigenvalue weighted by atomic mass is 10.00. The molecule has 0 atom stereocenters. The van der Waals surface area contributed by atoms with Crippen molar-refractivity contribution < 1.29 is 27.5 Å². The molecule has 5 rings (SSSR count). The van der Waals surface area contributed by atoms with E-state index in [1.165, 1.54) is 42.6 Å². The van der Waals surface area contributed by atoms with Crippen LogP contribution in [0.4, 0.5) is 19.0 Å². The number of amides is 1. The highest BCUT2D eigenvalue weighted by atomic mass is 19.3. The van der Waals surface area contributed by atoms with E-state index in [-0.39, 0.29) is 34.4 Å². The largest absolute Gasteiger partial charge is 0.423 e. The number of ether oxygens (including phenoxy) is 1. The number of piperazine rings is 1. The van der Waals surface area contributed by atoms with Crippen molar-refractivity contribution in [3.63, 3.8) is 0 Å². The van der Waals surface area contributed by atoms with Gasteiger partial charge in [-0.3, -0.25) is 4.79 Å². The Labute approximate surface area is 222 Å². The molecule has 1 saturated heterocycles. The topological polar surface area (TPSA) is 86.5 Å². The number of benzene rings is 2. The molecule has 7 nitrogen and oxygen atoms in total. The van der Waals surface area contributed by atoms with E-state index in [1.807, 2.05) is 11.0 Å². The minimum Gasteiger partial charge on any atom is -0.423 e. The molecule has 1 fully saturated rings. The monoisotopic (exact) mass is 532 g/mol. The molecule has 1 amide bonds. The number of alkyl halides is 2. The molecule has 2 aliphatic rings. The molecule has 3 aromatic rings. The van der Waals surface area contributed by atoms with E-state index < -0.39 is 23.6 Å². The van der Waals surface area contributed by atoms with Crippen molar-refractivity contribution in [1.82, 2.24) is 9.88 Å². The number of carbonyl (C=O) groups excluding carboxylic acids is 2. The molecule has 2 aromatic carbocycles. The first-order chi connectivity index (χ1) is 18.6. The maximum absolute atomic E-state index is 14.7. The van der Waals surface area contributed by atoms with E-state index in [1.54, 1.807) is 23.1 Å². The third kappa shape index (κ3) is 5.34. The van der Waals surface area contributed by atoms with E-state index in [2.05, 4.69) is 4.98 Å². The van der Waals surface area contributed by atoms with Crippen molar-refractivity contribution in [3.8, 4) is 6.07 Å². The zero-order valence-electron chi connectivity index (χ0n) is 21.0. The first-order valence-corrected chi connectivity index (χ1v) is 12.3. The molecule has 198 valence electrons. The fourth-order valence-corrected chi connectivity index (χ4v) is 4.58. The summed E-state index contributed by atoms with van der Waals surface area (Å²) in [4.78, 5) is 33.2. The number of aromatic nitrogens is 1. The normalized spacial score (nSPS) is 16.2. The SMILES string of the molecule is CC(F)(F)c1ccc2c(c1)/C(=C/Cc1ccc(F)c(C(=O)N3CCN(c4ccc(C#N)cn4)CC3)c1)OC2=O. The van der Waals surface area contributed by atoms with Gasteiger partial charge in [0.05, 0.1) is 16.7 Å². The van der Waals surface area contributed by atoms with Crippen LogP contribution in [0, 0.1) is 17.1 Å². The quantitative estimate of drug-likeness (QED) is 0.434. The number of anilines is 1. The summed E-state index contributed by atoms with van der Waals surface area (Å²) >= 11 is 0. The van der Waals surface area contributed by atoms with E-state index in [4.69, 9.17) is 10.00 Å². The smallest absolute Gasteiger partial charge is 0.344 e. The minimum atomic E-state index is -3.08. The van der Waals surface area contributed by atoms with Gasteiger partial charge in [0.2, 0.25) is 0 Å². The molecule has 2 aliphatic heterocycles. The lowest BCUT2D eigenvalue weighted by Crippen LogP contribution is -2.49. The van der Waals surface area contributed by atoms with Crippen LogP contribution in [0.3, 0.4) is 0 Å². The van der Waals surface area contributed by atoms with Gasteiger partial charge < -0.3 is 14.5 Å². The second kappa shape index (κ2) is 10.3. The fourth-order valence-electron chi connectivity index (χ4n) is 4.58. The van der Waals surface area contributed by atoms with E-state index in [9.17, 15) is 22.8 Å². The lowest BCUT2D eigenvalue weighted by Gasteiger charge is -2.35. The van der Waals surface area contributed by atoms with Gasteiger partial charge in [-0.2, -0.15) is 5.26 Å². The van der Waals surface area contributed by atoms with Crippen LogP contribution in [-0.2, 0) is 17.1 Å². The van der Waals surface area contributed by atoms with Gasteiger partial charge in [0.25, 0.3) is 11.8 Å². The Hall–Kier alpha value is -4.65. The number of hydrogen-bond acceptors (Lipinski definition) is 6. The van der Waals surface area contributed by atoms with E-state index in [0.717, 1.165) is 6.92 Å².